The number of benzene rings is 1. The van der Waals surface area contributed by atoms with Crippen LogP contribution in [0.3, 0.4) is 0 Å². The Balaban J connectivity index is 0.00000192. The summed E-state index contributed by atoms with van der Waals surface area (Å²) in [6, 6.07) is 6.58. The normalized spacial score (nSPS) is 24.4. The van der Waals surface area contributed by atoms with Crippen LogP contribution in [0.1, 0.15) is 48.3 Å². The Hall–Kier alpha value is -1.99. The summed E-state index contributed by atoms with van der Waals surface area (Å²) in [6.45, 7) is 4.25. The van der Waals surface area contributed by atoms with Gasteiger partial charge in [0, 0.05) is 38.0 Å². The fourth-order valence-electron chi connectivity index (χ4n) is 4.56. The largest absolute Gasteiger partial charge is 0.342 e. The van der Waals surface area contributed by atoms with Gasteiger partial charge < -0.3 is 14.8 Å². The Bertz CT molecular complexity index is 847. The topological polar surface area (TPSA) is 63.1 Å². The minimum Gasteiger partial charge on any atom is -0.342 e. The van der Waals surface area contributed by atoms with Gasteiger partial charge in [-0.1, -0.05) is 12.1 Å². The van der Waals surface area contributed by atoms with Crippen molar-refractivity contribution >= 4 is 18.3 Å². The molecule has 1 saturated carbocycles. The average molecular weight is 406 g/mol. The van der Waals surface area contributed by atoms with Crippen LogP contribution in [0.5, 0.6) is 0 Å². The van der Waals surface area contributed by atoms with Gasteiger partial charge in [-0.05, 0) is 42.9 Å². The number of fused-ring (bicyclic) bond motifs is 1. The molecule has 2 fully saturated rings. The van der Waals surface area contributed by atoms with E-state index >= 15 is 0 Å². The minimum absolute atomic E-state index is 0. The molecule has 5 rings (SSSR count). The molecule has 6 nitrogen and oxygen atoms in total. The molecule has 2 aromatic rings. The summed E-state index contributed by atoms with van der Waals surface area (Å²) >= 11 is 0. The summed E-state index contributed by atoms with van der Waals surface area (Å²) in [5.41, 5.74) is 1.08. The fraction of sp³-hybridized carbons (Fsp3) is 0.550. The molecule has 1 aliphatic carbocycles. The lowest BCUT2D eigenvalue weighted by Crippen LogP contribution is -2.39. The first-order valence-electron chi connectivity index (χ1n) is 9.87. The smallest absolute Gasteiger partial charge is 0.226 e. The molecule has 2 atom stereocenters. The first-order chi connectivity index (χ1) is 13.2. The third-order valence-electron chi connectivity index (χ3n) is 6.23. The van der Waals surface area contributed by atoms with E-state index in [2.05, 4.69) is 20.1 Å². The molecular weight excluding hydrogens is 381 g/mol. The second kappa shape index (κ2) is 7.79. The van der Waals surface area contributed by atoms with Gasteiger partial charge in [0.25, 0.3) is 0 Å². The van der Waals surface area contributed by atoms with Crippen molar-refractivity contribution in [1.82, 2.24) is 25.0 Å². The highest BCUT2D eigenvalue weighted by Gasteiger charge is 2.46. The molecule has 8 heteroatoms. The molecule has 2 aliphatic heterocycles. The van der Waals surface area contributed by atoms with Gasteiger partial charge in [0.15, 0.2) is 0 Å². The zero-order valence-corrected chi connectivity index (χ0v) is 16.5. The monoisotopic (exact) mass is 405 g/mol. The number of likely N-dealkylation sites (tertiary alicyclic amines) is 1. The predicted molar refractivity (Wildman–Crippen MR) is 105 cm³/mol. The Morgan fingerprint density at radius 3 is 2.61 bits per heavy atom. The molecule has 3 aliphatic rings. The fourth-order valence-corrected chi connectivity index (χ4v) is 4.56. The molecular formula is C20H25ClFN5O. The summed E-state index contributed by atoms with van der Waals surface area (Å²) in [6.07, 6.45) is 2.78. The first-order valence-corrected chi connectivity index (χ1v) is 9.87. The van der Waals surface area contributed by atoms with Crippen LogP contribution in [0.4, 0.5) is 4.39 Å². The van der Waals surface area contributed by atoms with Crippen molar-refractivity contribution in [2.75, 3.05) is 19.6 Å². The second-order valence-corrected chi connectivity index (χ2v) is 7.90. The van der Waals surface area contributed by atoms with Gasteiger partial charge in [0.2, 0.25) is 5.91 Å². The Kier molecular flexibility index (Phi) is 5.38. The number of halogens is 2. The second-order valence-electron chi connectivity index (χ2n) is 7.90. The maximum atomic E-state index is 13.1. The molecule has 150 valence electrons. The molecule has 1 aromatic carbocycles. The highest BCUT2D eigenvalue weighted by molar-refractivity contribution is 5.85. The quantitative estimate of drug-likeness (QED) is 0.852. The lowest BCUT2D eigenvalue weighted by Gasteiger charge is -2.32. The van der Waals surface area contributed by atoms with E-state index < -0.39 is 0 Å². The van der Waals surface area contributed by atoms with E-state index in [1.165, 1.54) is 12.1 Å². The van der Waals surface area contributed by atoms with Crippen LogP contribution in [0.2, 0.25) is 0 Å². The number of amides is 1. The molecule has 2 unspecified atom stereocenters. The number of piperidine rings is 1. The zero-order valence-electron chi connectivity index (χ0n) is 15.7. The summed E-state index contributed by atoms with van der Waals surface area (Å²) in [5.74, 6) is 2.86. The van der Waals surface area contributed by atoms with Gasteiger partial charge in [-0.2, -0.15) is 0 Å². The first kappa shape index (κ1) is 19.3. The molecule has 1 aromatic heterocycles. The molecule has 3 heterocycles. The van der Waals surface area contributed by atoms with Gasteiger partial charge in [-0.25, -0.2) is 4.39 Å². The van der Waals surface area contributed by atoms with Crippen LogP contribution in [0, 0.1) is 11.7 Å². The van der Waals surface area contributed by atoms with Crippen molar-refractivity contribution in [1.29, 1.82) is 0 Å². The van der Waals surface area contributed by atoms with Gasteiger partial charge >= 0.3 is 0 Å². The van der Waals surface area contributed by atoms with E-state index in [1.54, 1.807) is 0 Å². The Morgan fingerprint density at radius 2 is 1.86 bits per heavy atom. The molecule has 28 heavy (non-hydrogen) atoms. The van der Waals surface area contributed by atoms with E-state index in [0.717, 1.165) is 69.2 Å². The van der Waals surface area contributed by atoms with Crippen molar-refractivity contribution in [3.05, 3.63) is 47.3 Å². The lowest BCUT2D eigenvalue weighted by atomic mass is 9.95. The van der Waals surface area contributed by atoms with Crippen LogP contribution in [0.25, 0.3) is 0 Å². The van der Waals surface area contributed by atoms with Crippen molar-refractivity contribution in [3.8, 4) is 0 Å². The Labute approximate surface area is 169 Å². The summed E-state index contributed by atoms with van der Waals surface area (Å²) in [4.78, 5) is 14.9. The summed E-state index contributed by atoms with van der Waals surface area (Å²) in [7, 11) is 0. The van der Waals surface area contributed by atoms with Crippen LogP contribution in [-0.4, -0.2) is 45.2 Å². The molecule has 1 saturated heterocycles. The molecule has 1 amide bonds. The van der Waals surface area contributed by atoms with Gasteiger partial charge in [-0.3, -0.25) is 4.79 Å². The Morgan fingerprint density at radius 1 is 1.11 bits per heavy atom. The van der Waals surface area contributed by atoms with Crippen molar-refractivity contribution in [3.63, 3.8) is 0 Å². The predicted octanol–water partition coefficient (Wildman–Crippen LogP) is 2.45. The number of carbonyl (C=O) groups is 1. The highest BCUT2D eigenvalue weighted by Crippen LogP contribution is 2.48. The number of nitrogens with zero attached hydrogens (tertiary/aromatic N) is 4. The van der Waals surface area contributed by atoms with Crippen LogP contribution >= 0.6 is 12.4 Å². The molecule has 0 bridgehead atoms. The highest BCUT2D eigenvalue weighted by atomic mass is 35.5. The SMILES string of the molecule is Cl.O=C(C1CC1c1ccc(F)cc1)N1CCC(c2nnc3n2CCNC3)CC1. The summed E-state index contributed by atoms with van der Waals surface area (Å²) < 4.78 is 15.3. The maximum Gasteiger partial charge on any atom is 0.226 e. The number of aromatic nitrogens is 3. The lowest BCUT2D eigenvalue weighted by molar-refractivity contribution is -0.133. The van der Waals surface area contributed by atoms with E-state index in [1.807, 2.05) is 17.0 Å². The third-order valence-corrected chi connectivity index (χ3v) is 6.23. The third kappa shape index (κ3) is 3.53. The minimum atomic E-state index is -0.226. The van der Waals surface area contributed by atoms with Crippen LogP contribution in [0.15, 0.2) is 24.3 Å². The number of nitrogens with one attached hydrogen (secondary N) is 1. The van der Waals surface area contributed by atoms with Gasteiger partial charge in [-0.15, -0.1) is 22.6 Å². The van der Waals surface area contributed by atoms with Crippen LogP contribution < -0.4 is 5.32 Å². The van der Waals surface area contributed by atoms with Crippen molar-refractivity contribution in [2.24, 2.45) is 5.92 Å². The van der Waals surface area contributed by atoms with E-state index in [0.29, 0.717) is 5.92 Å². The maximum absolute atomic E-state index is 13.1. The molecule has 0 spiro atoms. The standard InChI is InChI=1S/C20H24FN5O.ClH/c21-15-3-1-13(2-4-15)16-11-17(16)20(27)25-8-5-14(6-9-25)19-24-23-18-12-22-7-10-26(18)19;/h1-4,14,16-17,22H,5-12H2;1H. The number of carbonyl (C=O) groups excluding carboxylic acids is 1. The van der Waals surface area contributed by atoms with E-state index in [9.17, 15) is 9.18 Å². The number of hydrogen-bond acceptors (Lipinski definition) is 4. The van der Waals surface area contributed by atoms with E-state index in [4.69, 9.17) is 0 Å². The average Bonchev–Trinajstić information content (AvgIpc) is 3.39. The van der Waals surface area contributed by atoms with E-state index in [-0.39, 0.29) is 36.0 Å². The van der Waals surface area contributed by atoms with Crippen LogP contribution in [-0.2, 0) is 17.9 Å². The van der Waals surface area contributed by atoms with Crippen molar-refractivity contribution in [2.45, 2.75) is 44.2 Å². The molecule has 1 N–H and O–H groups in total. The molecule has 0 radical (unpaired) electrons. The zero-order chi connectivity index (χ0) is 18.4. The number of hydrogen-bond donors (Lipinski definition) is 1. The van der Waals surface area contributed by atoms with Crippen molar-refractivity contribution < 1.29 is 9.18 Å². The number of rotatable bonds is 3. The van der Waals surface area contributed by atoms with Gasteiger partial charge in [0.05, 0.1) is 6.54 Å². The summed E-state index contributed by atoms with van der Waals surface area (Å²) in [5, 5.41) is 12.1. The van der Waals surface area contributed by atoms with Gasteiger partial charge in [0.1, 0.15) is 17.5 Å².